The Labute approximate surface area is 148 Å². The van der Waals surface area contributed by atoms with E-state index in [1.165, 1.54) is 17.4 Å². The van der Waals surface area contributed by atoms with E-state index in [-0.39, 0.29) is 5.78 Å². The van der Waals surface area contributed by atoms with Crippen LogP contribution in [0, 0.1) is 0 Å². The van der Waals surface area contributed by atoms with Gasteiger partial charge >= 0.3 is 0 Å². The zero-order valence-electron chi connectivity index (χ0n) is 13.2. The van der Waals surface area contributed by atoms with Gasteiger partial charge in [0.15, 0.2) is 16.6 Å². The number of nitrogens with one attached hydrogen (secondary N) is 1. The van der Waals surface area contributed by atoms with E-state index in [1.54, 1.807) is 42.7 Å². The average Bonchev–Trinajstić information content (AvgIpc) is 3.23. The van der Waals surface area contributed by atoms with Crippen LogP contribution in [-0.2, 0) is 10.0 Å². The first-order valence-electron chi connectivity index (χ1n) is 7.20. The molecule has 8 heteroatoms. The number of carbonyl (C=O) groups is 1. The third kappa shape index (κ3) is 4.65. The molecular weight excluding hydrogens is 360 g/mol. The van der Waals surface area contributed by atoms with Crippen molar-refractivity contribution in [1.29, 1.82) is 0 Å². The van der Waals surface area contributed by atoms with Crippen LogP contribution in [0.3, 0.4) is 0 Å². The maximum Gasteiger partial charge on any atom is 0.229 e. The minimum atomic E-state index is -3.34. The topological polar surface area (TPSA) is 89.3 Å². The summed E-state index contributed by atoms with van der Waals surface area (Å²) in [6.45, 7) is 0. The van der Waals surface area contributed by atoms with Crippen LogP contribution < -0.4 is 4.72 Å². The van der Waals surface area contributed by atoms with Crippen LogP contribution >= 0.6 is 11.3 Å². The van der Waals surface area contributed by atoms with Crippen molar-refractivity contribution in [1.82, 2.24) is 4.98 Å². The fourth-order valence-corrected chi connectivity index (χ4v) is 3.37. The molecule has 0 saturated carbocycles. The number of sulfonamides is 1. The fourth-order valence-electron chi connectivity index (χ4n) is 2.05. The number of hydrogen-bond acceptors (Lipinski definition) is 6. The van der Waals surface area contributed by atoms with Crippen LogP contribution in [0.1, 0.15) is 16.1 Å². The fraction of sp³-hybridized carbons (Fsp3) is 0.0588. The molecule has 2 aromatic heterocycles. The van der Waals surface area contributed by atoms with Gasteiger partial charge in [0.1, 0.15) is 0 Å². The van der Waals surface area contributed by atoms with E-state index >= 15 is 0 Å². The van der Waals surface area contributed by atoms with E-state index in [1.807, 2.05) is 11.4 Å². The van der Waals surface area contributed by atoms with Crippen LogP contribution in [0.2, 0.25) is 0 Å². The molecule has 0 fully saturated rings. The number of rotatable bonds is 6. The number of thiazole rings is 1. The lowest BCUT2D eigenvalue weighted by atomic mass is 10.1. The molecule has 0 aliphatic heterocycles. The maximum absolute atomic E-state index is 12.2. The molecule has 0 saturated heterocycles. The number of ketones is 1. The summed E-state index contributed by atoms with van der Waals surface area (Å²) in [5.74, 6) is 0.489. The van der Waals surface area contributed by atoms with Gasteiger partial charge in [0.2, 0.25) is 10.0 Å². The van der Waals surface area contributed by atoms with Crippen molar-refractivity contribution in [3.8, 4) is 10.8 Å². The van der Waals surface area contributed by atoms with Crippen LogP contribution in [-0.4, -0.2) is 25.4 Å². The SMILES string of the molecule is CS(=O)(=O)Nc1ccc(C(=O)C=Cc2csc(-c3ccco3)n2)cc1. The van der Waals surface area contributed by atoms with Gasteiger partial charge in [-0.05, 0) is 48.6 Å². The number of carbonyl (C=O) groups excluding carboxylic acids is 1. The van der Waals surface area contributed by atoms with E-state index in [2.05, 4.69) is 9.71 Å². The lowest BCUT2D eigenvalue weighted by Crippen LogP contribution is -2.09. The minimum Gasteiger partial charge on any atom is -0.462 e. The number of hydrogen-bond donors (Lipinski definition) is 1. The monoisotopic (exact) mass is 374 g/mol. The first-order valence-corrected chi connectivity index (χ1v) is 9.97. The van der Waals surface area contributed by atoms with Crippen molar-refractivity contribution < 1.29 is 17.6 Å². The number of furan rings is 1. The van der Waals surface area contributed by atoms with Crippen molar-refractivity contribution in [3.05, 3.63) is 65.4 Å². The predicted molar refractivity (Wildman–Crippen MR) is 98.1 cm³/mol. The van der Waals surface area contributed by atoms with Crippen molar-refractivity contribution in [2.24, 2.45) is 0 Å². The normalized spacial score (nSPS) is 11.7. The number of anilines is 1. The summed E-state index contributed by atoms with van der Waals surface area (Å²) in [5.41, 5.74) is 1.53. The van der Waals surface area contributed by atoms with Crippen LogP contribution in [0.4, 0.5) is 5.69 Å². The van der Waals surface area contributed by atoms with Crippen molar-refractivity contribution >= 4 is 38.9 Å². The van der Waals surface area contributed by atoms with E-state index in [0.29, 0.717) is 22.7 Å². The second-order valence-electron chi connectivity index (χ2n) is 5.20. The molecule has 0 spiro atoms. The molecule has 6 nitrogen and oxygen atoms in total. The Morgan fingerprint density at radius 1 is 1.24 bits per heavy atom. The molecule has 0 aliphatic carbocycles. The molecule has 3 aromatic rings. The third-order valence-electron chi connectivity index (χ3n) is 3.13. The van der Waals surface area contributed by atoms with Gasteiger partial charge in [0.25, 0.3) is 0 Å². The van der Waals surface area contributed by atoms with Crippen molar-refractivity contribution in [3.63, 3.8) is 0 Å². The molecule has 0 amide bonds. The Hall–Kier alpha value is -2.71. The highest BCUT2D eigenvalue weighted by atomic mass is 32.2. The highest BCUT2D eigenvalue weighted by molar-refractivity contribution is 7.92. The zero-order valence-corrected chi connectivity index (χ0v) is 14.8. The molecule has 1 N–H and O–H groups in total. The van der Waals surface area contributed by atoms with Gasteiger partial charge in [-0.3, -0.25) is 9.52 Å². The van der Waals surface area contributed by atoms with Crippen molar-refractivity contribution in [2.75, 3.05) is 11.0 Å². The van der Waals surface area contributed by atoms with Gasteiger partial charge < -0.3 is 4.42 Å². The highest BCUT2D eigenvalue weighted by Crippen LogP contribution is 2.24. The summed E-state index contributed by atoms with van der Waals surface area (Å²) in [7, 11) is -3.34. The van der Waals surface area contributed by atoms with Crippen LogP contribution in [0.5, 0.6) is 0 Å². The molecule has 0 bridgehead atoms. The summed E-state index contributed by atoms with van der Waals surface area (Å²) < 4.78 is 30.0. The Morgan fingerprint density at radius 3 is 2.64 bits per heavy atom. The van der Waals surface area contributed by atoms with Gasteiger partial charge in [-0.2, -0.15) is 0 Å². The molecule has 0 aliphatic rings. The Bertz CT molecular complexity index is 1000. The van der Waals surface area contributed by atoms with E-state index in [0.717, 1.165) is 11.3 Å². The summed E-state index contributed by atoms with van der Waals surface area (Å²) in [5, 5.41) is 2.58. The Balaban J connectivity index is 1.68. The lowest BCUT2D eigenvalue weighted by molar-refractivity contribution is 0.104. The molecule has 3 rings (SSSR count). The number of benzene rings is 1. The van der Waals surface area contributed by atoms with Gasteiger partial charge in [-0.25, -0.2) is 13.4 Å². The van der Waals surface area contributed by atoms with E-state index in [9.17, 15) is 13.2 Å². The number of aromatic nitrogens is 1. The second-order valence-corrected chi connectivity index (χ2v) is 7.81. The van der Waals surface area contributed by atoms with E-state index < -0.39 is 10.0 Å². The highest BCUT2D eigenvalue weighted by Gasteiger charge is 2.07. The minimum absolute atomic E-state index is 0.196. The molecule has 1 aromatic carbocycles. The Kier molecular flexibility index (Phi) is 4.82. The first-order chi connectivity index (χ1) is 11.9. The number of nitrogens with zero attached hydrogens (tertiary/aromatic N) is 1. The van der Waals surface area contributed by atoms with Crippen LogP contribution in [0.15, 0.2) is 58.5 Å². The smallest absolute Gasteiger partial charge is 0.229 e. The molecular formula is C17H14N2O4S2. The first kappa shape index (κ1) is 17.1. The van der Waals surface area contributed by atoms with Gasteiger partial charge in [-0.1, -0.05) is 0 Å². The van der Waals surface area contributed by atoms with Gasteiger partial charge in [0, 0.05) is 16.6 Å². The van der Waals surface area contributed by atoms with Crippen molar-refractivity contribution in [2.45, 2.75) is 0 Å². The third-order valence-corrected chi connectivity index (χ3v) is 4.61. The molecule has 2 heterocycles. The lowest BCUT2D eigenvalue weighted by Gasteiger charge is -2.03. The molecule has 0 radical (unpaired) electrons. The van der Waals surface area contributed by atoms with Gasteiger partial charge in [-0.15, -0.1) is 11.3 Å². The molecule has 0 unspecified atom stereocenters. The number of allylic oxidation sites excluding steroid dienone is 1. The predicted octanol–water partition coefficient (Wildman–Crippen LogP) is 3.67. The van der Waals surface area contributed by atoms with Gasteiger partial charge in [0.05, 0.1) is 18.2 Å². The maximum atomic E-state index is 12.2. The average molecular weight is 374 g/mol. The largest absolute Gasteiger partial charge is 0.462 e. The van der Waals surface area contributed by atoms with Crippen LogP contribution in [0.25, 0.3) is 16.8 Å². The Morgan fingerprint density at radius 2 is 2.00 bits per heavy atom. The summed E-state index contributed by atoms with van der Waals surface area (Å²) in [6.07, 6.45) is 5.71. The molecule has 128 valence electrons. The molecule has 0 atom stereocenters. The zero-order chi connectivity index (χ0) is 17.9. The van der Waals surface area contributed by atoms with E-state index in [4.69, 9.17) is 4.42 Å². The molecule has 25 heavy (non-hydrogen) atoms. The standard InChI is InChI=1S/C17H14N2O4S2/c1-25(21,22)19-13-6-4-12(5-7-13)15(20)9-8-14-11-24-17(18-14)16-3-2-10-23-16/h2-11,19H,1H3. The summed E-state index contributed by atoms with van der Waals surface area (Å²) in [6, 6.07) is 9.83. The summed E-state index contributed by atoms with van der Waals surface area (Å²) in [4.78, 5) is 16.6. The summed E-state index contributed by atoms with van der Waals surface area (Å²) >= 11 is 1.43. The quantitative estimate of drug-likeness (QED) is 0.525. The second kappa shape index (κ2) is 7.04.